The van der Waals surface area contributed by atoms with Crippen LogP contribution < -0.4 is 0 Å². The maximum Gasteiger partial charge on any atom is 0.296 e. The Kier molecular flexibility index (Phi) is 6.35. The maximum absolute atomic E-state index is 14.7. The van der Waals surface area contributed by atoms with Gasteiger partial charge >= 0.3 is 0 Å². The lowest BCUT2D eigenvalue weighted by molar-refractivity contribution is -0.141. The summed E-state index contributed by atoms with van der Waals surface area (Å²) in [6.07, 6.45) is 0. The Morgan fingerprint density at radius 3 is 2.31 bits per heavy atom. The molecule has 1 atom stereocenters. The molecule has 0 bridgehead atoms. The maximum atomic E-state index is 14.7. The van der Waals surface area contributed by atoms with E-state index in [4.69, 9.17) is 11.6 Å². The van der Waals surface area contributed by atoms with E-state index >= 15 is 0 Å². The third kappa shape index (κ3) is 4.04. The number of aliphatic hydroxyl groups excluding tert-OH is 1. The molecule has 1 N–H and O–H groups in total. The van der Waals surface area contributed by atoms with E-state index in [0.717, 1.165) is 0 Å². The van der Waals surface area contributed by atoms with Crippen LogP contribution in [-0.4, -0.2) is 46.4 Å². The van der Waals surface area contributed by atoms with Crippen molar-refractivity contribution in [1.82, 2.24) is 9.80 Å². The highest BCUT2D eigenvalue weighted by Crippen LogP contribution is 2.40. The Bertz CT molecular complexity index is 955. The molecule has 1 saturated heterocycles. The summed E-state index contributed by atoms with van der Waals surface area (Å²) < 4.78 is 14.7. The minimum atomic E-state index is -1.02. The average Bonchev–Trinajstić information content (AvgIpc) is 2.97. The third-order valence-corrected chi connectivity index (χ3v) is 5.36. The fourth-order valence-electron chi connectivity index (χ4n) is 3.45. The Morgan fingerprint density at radius 2 is 1.72 bits per heavy atom. The predicted molar refractivity (Wildman–Crippen MR) is 110 cm³/mol. The minimum absolute atomic E-state index is 0.130. The van der Waals surface area contributed by atoms with Gasteiger partial charge < -0.3 is 10.0 Å². The van der Waals surface area contributed by atoms with Gasteiger partial charge in [-0.05, 0) is 43.4 Å². The Morgan fingerprint density at radius 1 is 1.10 bits per heavy atom. The van der Waals surface area contributed by atoms with Crippen molar-refractivity contribution in [2.24, 2.45) is 0 Å². The molecule has 0 saturated carbocycles. The van der Waals surface area contributed by atoms with Crippen LogP contribution in [0.2, 0.25) is 5.02 Å². The van der Waals surface area contributed by atoms with Gasteiger partial charge in [0.25, 0.3) is 11.7 Å². The number of aliphatic hydroxyl groups is 1. The van der Waals surface area contributed by atoms with Crippen LogP contribution in [0.15, 0.2) is 54.1 Å². The molecule has 5 nitrogen and oxygen atoms in total. The van der Waals surface area contributed by atoms with Gasteiger partial charge in [0.05, 0.1) is 18.3 Å². The van der Waals surface area contributed by atoms with Crippen molar-refractivity contribution in [3.63, 3.8) is 0 Å². The molecule has 29 heavy (non-hydrogen) atoms. The topological polar surface area (TPSA) is 60.9 Å². The van der Waals surface area contributed by atoms with Crippen LogP contribution >= 0.6 is 11.6 Å². The summed E-state index contributed by atoms with van der Waals surface area (Å²) in [6.45, 7) is 5.33. The monoisotopic (exact) mass is 416 g/mol. The van der Waals surface area contributed by atoms with E-state index in [1.807, 2.05) is 18.7 Å². The summed E-state index contributed by atoms with van der Waals surface area (Å²) in [7, 11) is 0. The normalized spacial score (nSPS) is 18.7. The molecule has 0 radical (unpaired) electrons. The first-order chi connectivity index (χ1) is 13.9. The summed E-state index contributed by atoms with van der Waals surface area (Å²) in [5.74, 6) is -2.50. The molecule has 1 fully saturated rings. The Labute approximate surface area is 174 Å². The molecular formula is C22H22ClFN2O3. The predicted octanol–water partition coefficient (Wildman–Crippen LogP) is 4.20. The lowest BCUT2D eigenvalue weighted by Crippen LogP contribution is -2.40. The van der Waals surface area contributed by atoms with Gasteiger partial charge in [-0.25, -0.2) is 4.39 Å². The van der Waals surface area contributed by atoms with Gasteiger partial charge in [-0.1, -0.05) is 43.6 Å². The largest absolute Gasteiger partial charge is 0.507 e. The van der Waals surface area contributed by atoms with Crippen molar-refractivity contribution in [2.75, 3.05) is 19.8 Å². The number of carbonyl (C=O) groups is 2. The zero-order chi connectivity index (χ0) is 21.1. The smallest absolute Gasteiger partial charge is 0.296 e. The minimum Gasteiger partial charge on any atom is -0.507 e. The van der Waals surface area contributed by atoms with E-state index in [9.17, 15) is 19.1 Å². The molecule has 3 rings (SSSR count). The molecule has 1 aliphatic heterocycles. The summed E-state index contributed by atoms with van der Waals surface area (Å²) in [5, 5.41) is 11.4. The highest BCUT2D eigenvalue weighted by Gasteiger charge is 2.47. The summed E-state index contributed by atoms with van der Waals surface area (Å²) in [6, 6.07) is 11.2. The third-order valence-electron chi connectivity index (χ3n) is 5.10. The number of halogens is 2. The fraction of sp³-hybridized carbons (Fsp3) is 0.273. The molecule has 1 heterocycles. The van der Waals surface area contributed by atoms with Gasteiger partial charge in [-0.2, -0.15) is 0 Å². The van der Waals surface area contributed by atoms with E-state index in [2.05, 4.69) is 0 Å². The van der Waals surface area contributed by atoms with Crippen LogP contribution in [0.25, 0.3) is 5.76 Å². The first-order valence-electron chi connectivity index (χ1n) is 9.40. The van der Waals surface area contributed by atoms with E-state index in [1.165, 1.54) is 23.1 Å². The van der Waals surface area contributed by atoms with Crippen LogP contribution in [-0.2, 0) is 9.59 Å². The van der Waals surface area contributed by atoms with Crippen molar-refractivity contribution < 1.29 is 19.1 Å². The van der Waals surface area contributed by atoms with Crippen LogP contribution in [0.4, 0.5) is 4.39 Å². The number of amides is 1. The second-order valence-corrected chi connectivity index (χ2v) is 7.18. The summed E-state index contributed by atoms with van der Waals surface area (Å²) in [4.78, 5) is 29.0. The first-order valence-corrected chi connectivity index (χ1v) is 9.77. The molecule has 1 amide bonds. The highest BCUT2D eigenvalue weighted by atomic mass is 35.5. The number of nitrogens with zero attached hydrogens (tertiary/aromatic N) is 2. The van der Waals surface area contributed by atoms with Crippen LogP contribution in [0.1, 0.15) is 31.0 Å². The van der Waals surface area contributed by atoms with Gasteiger partial charge in [0.1, 0.15) is 11.6 Å². The number of Topliss-reactive ketones (excluding diaryl/α,β-unsaturated/α-hetero) is 1. The van der Waals surface area contributed by atoms with Crippen molar-refractivity contribution in [3.8, 4) is 0 Å². The lowest BCUT2D eigenvalue weighted by atomic mass is 9.95. The highest BCUT2D eigenvalue weighted by molar-refractivity contribution is 6.46. The summed E-state index contributed by atoms with van der Waals surface area (Å²) >= 11 is 5.90. The molecule has 152 valence electrons. The van der Waals surface area contributed by atoms with Crippen molar-refractivity contribution in [1.29, 1.82) is 0 Å². The molecule has 7 heteroatoms. The Hall–Kier alpha value is -2.70. The van der Waals surface area contributed by atoms with Crippen molar-refractivity contribution in [2.45, 2.75) is 19.9 Å². The van der Waals surface area contributed by atoms with Crippen LogP contribution in [0.5, 0.6) is 0 Å². The SMILES string of the molecule is CCN(CC)CN1C(=O)C(=O)/C(=C(\O)c2ccc(Cl)cc2)C1c1ccccc1F. The fourth-order valence-corrected chi connectivity index (χ4v) is 3.57. The lowest BCUT2D eigenvalue weighted by Gasteiger charge is -2.30. The second-order valence-electron chi connectivity index (χ2n) is 6.74. The van der Waals surface area contributed by atoms with Crippen molar-refractivity contribution in [3.05, 3.63) is 76.1 Å². The van der Waals surface area contributed by atoms with Crippen LogP contribution in [0, 0.1) is 5.82 Å². The zero-order valence-corrected chi connectivity index (χ0v) is 17.0. The number of benzene rings is 2. The van der Waals surface area contributed by atoms with E-state index in [-0.39, 0.29) is 23.6 Å². The van der Waals surface area contributed by atoms with Gasteiger partial charge in [0.15, 0.2) is 0 Å². The quantitative estimate of drug-likeness (QED) is 0.435. The van der Waals surface area contributed by atoms with E-state index < -0.39 is 23.5 Å². The van der Waals surface area contributed by atoms with Crippen LogP contribution in [0.3, 0.4) is 0 Å². The van der Waals surface area contributed by atoms with Gasteiger partial charge in [-0.3, -0.25) is 14.5 Å². The number of rotatable bonds is 6. The molecule has 0 spiro atoms. The first kappa shape index (κ1) is 21.0. The molecule has 0 aromatic heterocycles. The second kappa shape index (κ2) is 8.76. The molecule has 2 aromatic carbocycles. The summed E-state index contributed by atoms with van der Waals surface area (Å²) in [5.41, 5.74) is 0.362. The molecule has 2 aromatic rings. The van der Waals surface area contributed by atoms with Gasteiger partial charge in [0.2, 0.25) is 0 Å². The van der Waals surface area contributed by atoms with Gasteiger partial charge in [0, 0.05) is 16.1 Å². The number of ketones is 1. The number of likely N-dealkylation sites (tertiary alicyclic amines) is 1. The number of hydrogen-bond acceptors (Lipinski definition) is 4. The Balaban J connectivity index is 2.18. The van der Waals surface area contributed by atoms with Gasteiger partial charge in [-0.15, -0.1) is 0 Å². The number of carbonyl (C=O) groups excluding carboxylic acids is 2. The molecule has 1 aliphatic rings. The average molecular weight is 417 g/mol. The van der Waals surface area contributed by atoms with Crippen molar-refractivity contribution >= 4 is 29.1 Å². The standard InChI is InChI=1S/C22H22ClFN2O3/c1-3-25(4-2)13-26-19(16-7-5-6-8-17(16)24)18(21(28)22(26)29)20(27)14-9-11-15(23)12-10-14/h5-12,19,27H,3-4,13H2,1-2H3/b20-18-. The molecular weight excluding hydrogens is 395 g/mol. The zero-order valence-electron chi connectivity index (χ0n) is 16.2. The molecule has 0 aliphatic carbocycles. The van der Waals surface area contributed by atoms with E-state index in [1.54, 1.807) is 30.3 Å². The number of hydrogen-bond donors (Lipinski definition) is 1. The van der Waals surface area contributed by atoms with E-state index in [0.29, 0.717) is 23.7 Å². The molecule has 1 unspecified atom stereocenters.